The number of para-hydroxylation sites is 1. The minimum Gasteiger partial charge on any atom is -0.455 e. The number of rotatable bonds is 3. The van der Waals surface area contributed by atoms with Gasteiger partial charge in [0.15, 0.2) is 16.8 Å². The van der Waals surface area contributed by atoms with E-state index in [-0.39, 0.29) is 22.0 Å². The fourth-order valence-corrected chi connectivity index (χ4v) is 3.31. The molecule has 2 heterocycles. The van der Waals surface area contributed by atoms with Gasteiger partial charge in [0.2, 0.25) is 0 Å². The zero-order valence-corrected chi connectivity index (χ0v) is 17.4. The molecule has 0 saturated heterocycles. The zero-order chi connectivity index (χ0) is 21.5. The first-order chi connectivity index (χ1) is 14.3. The lowest BCUT2D eigenvalue weighted by Crippen LogP contribution is -2.15. The Labute approximate surface area is 173 Å². The van der Waals surface area contributed by atoms with Crippen molar-refractivity contribution in [3.05, 3.63) is 81.6 Å². The molecule has 0 atom stereocenters. The van der Waals surface area contributed by atoms with Crippen LogP contribution in [0, 0.1) is 6.92 Å². The smallest absolute Gasteiger partial charge is 0.260 e. The Bertz CT molecular complexity index is 1300. The molecule has 0 bridgehead atoms. The predicted octanol–water partition coefficient (Wildman–Crippen LogP) is 5.04. The summed E-state index contributed by atoms with van der Waals surface area (Å²) in [5.41, 5.74) is 2.46. The first kappa shape index (κ1) is 19.6. The molecule has 30 heavy (non-hydrogen) atoms. The number of nitrogens with zero attached hydrogens (tertiary/aromatic N) is 1. The number of fused-ring (bicyclic) bond motifs is 1. The van der Waals surface area contributed by atoms with Crippen LogP contribution in [0.25, 0.3) is 22.3 Å². The summed E-state index contributed by atoms with van der Waals surface area (Å²) in [6.45, 7) is 7.90. The van der Waals surface area contributed by atoms with E-state index in [0.717, 1.165) is 11.3 Å². The van der Waals surface area contributed by atoms with Crippen LogP contribution < -0.4 is 10.7 Å². The van der Waals surface area contributed by atoms with Gasteiger partial charge in [0.05, 0.1) is 10.9 Å². The van der Waals surface area contributed by atoms with Crippen LogP contribution in [0.1, 0.15) is 42.4 Å². The number of amides is 1. The van der Waals surface area contributed by atoms with Gasteiger partial charge in [0.1, 0.15) is 5.76 Å². The monoisotopic (exact) mass is 401 g/mol. The SMILES string of the molecule is Cc1c(-c2ccccc2)oc2c(C(=O)Nc3cc(C(C)(C)C)[nH]n3)cccc2c1=O. The highest BCUT2D eigenvalue weighted by Crippen LogP contribution is 2.28. The van der Waals surface area contributed by atoms with Crippen molar-refractivity contribution in [3.8, 4) is 11.3 Å². The van der Waals surface area contributed by atoms with E-state index < -0.39 is 5.91 Å². The molecule has 1 amide bonds. The molecule has 2 N–H and O–H groups in total. The van der Waals surface area contributed by atoms with Gasteiger partial charge < -0.3 is 9.73 Å². The standard InChI is InChI=1S/C24H23N3O3/c1-14-20(28)16-11-8-12-17(22(16)30-21(14)15-9-6-5-7-10-15)23(29)25-19-13-18(26-27-19)24(2,3)4/h5-13H,1-4H3,(H2,25,26,27,29). The minimum atomic E-state index is -0.390. The van der Waals surface area contributed by atoms with Crippen molar-refractivity contribution < 1.29 is 9.21 Å². The summed E-state index contributed by atoms with van der Waals surface area (Å²) in [7, 11) is 0. The van der Waals surface area contributed by atoms with E-state index >= 15 is 0 Å². The summed E-state index contributed by atoms with van der Waals surface area (Å²) in [5.74, 6) is 0.487. The fraction of sp³-hybridized carbons (Fsp3) is 0.208. The van der Waals surface area contributed by atoms with Crippen LogP contribution in [-0.2, 0) is 5.41 Å². The average Bonchev–Trinajstić information content (AvgIpc) is 3.20. The maximum Gasteiger partial charge on any atom is 0.260 e. The van der Waals surface area contributed by atoms with Gasteiger partial charge in [-0.15, -0.1) is 0 Å². The Hall–Kier alpha value is -3.67. The number of H-pyrrole nitrogens is 1. The summed E-state index contributed by atoms with van der Waals surface area (Å²) < 4.78 is 6.12. The Kier molecular flexibility index (Phi) is 4.78. The van der Waals surface area contributed by atoms with Crippen molar-refractivity contribution >= 4 is 22.7 Å². The third kappa shape index (κ3) is 3.52. The molecular formula is C24H23N3O3. The van der Waals surface area contributed by atoms with Crippen LogP contribution in [0.2, 0.25) is 0 Å². The van der Waals surface area contributed by atoms with E-state index in [1.54, 1.807) is 31.2 Å². The second kappa shape index (κ2) is 7.30. The first-order valence-corrected chi connectivity index (χ1v) is 9.75. The third-order valence-electron chi connectivity index (χ3n) is 5.05. The van der Waals surface area contributed by atoms with Gasteiger partial charge in [-0.05, 0) is 19.1 Å². The van der Waals surface area contributed by atoms with Crippen molar-refractivity contribution in [2.75, 3.05) is 5.32 Å². The van der Waals surface area contributed by atoms with E-state index in [4.69, 9.17) is 4.42 Å². The highest BCUT2D eigenvalue weighted by atomic mass is 16.3. The highest BCUT2D eigenvalue weighted by molar-refractivity contribution is 6.11. The van der Waals surface area contributed by atoms with Crippen molar-refractivity contribution in [1.82, 2.24) is 10.2 Å². The quantitative estimate of drug-likeness (QED) is 0.503. The van der Waals surface area contributed by atoms with Crippen LogP contribution in [0.5, 0.6) is 0 Å². The van der Waals surface area contributed by atoms with Gasteiger partial charge in [-0.2, -0.15) is 5.10 Å². The van der Waals surface area contributed by atoms with Crippen LogP contribution >= 0.6 is 0 Å². The Morgan fingerprint density at radius 1 is 1.07 bits per heavy atom. The normalized spacial score (nSPS) is 11.6. The summed E-state index contributed by atoms with van der Waals surface area (Å²) in [6, 6.07) is 16.2. The molecule has 2 aromatic heterocycles. The lowest BCUT2D eigenvalue weighted by molar-refractivity contribution is 0.102. The van der Waals surface area contributed by atoms with Gasteiger partial charge in [-0.1, -0.05) is 57.2 Å². The maximum absolute atomic E-state index is 13.0. The van der Waals surface area contributed by atoms with Gasteiger partial charge in [-0.3, -0.25) is 14.7 Å². The van der Waals surface area contributed by atoms with Gasteiger partial charge in [-0.25, -0.2) is 0 Å². The lowest BCUT2D eigenvalue weighted by Gasteiger charge is -2.14. The van der Waals surface area contributed by atoms with E-state index in [0.29, 0.717) is 22.5 Å². The summed E-state index contributed by atoms with van der Waals surface area (Å²) >= 11 is 0. The van der Waals surface area contributed by atoms with Crippen LogP contribution in [0.15, 0.2) is 63.8 Å². The zero-order valence-electron chi connectivity index (χ0n) is 17.4. The number of hydrogen-bond donors (Lipinski definition) is 2. The van der Waals surface area contributed by atoms with E-state index in [1.807, 2.05) is 30.3 Å². The Morgan fingerprint density at radius 3 is 2.47 bits per heavy atom. The van der Waals surface area contributed by atoms with E-state index in [1.165, 1.54) is 0 Å². The molecule has 0 spiro atoms. The number of aromatic amines is 1. The Balaban J connectivity index is 1.79. The Morgan fingerprint density at radius 2 is 1.80 bits per heavy atom. The van der Waals surface area contributed by atoms with Crippen LogP contribution in [0.4, 0.5) is 5.82 Å². The number of aromatic nitrogens is 2. The predicted molar refractivity (Wildman–Crippen MR) is 118 cm³/mol. The van der Waals surface area contributed by atoms with Crippen molar-refractivity contribution in [1.29, 1.82) is 0 Å². The molecule has 4 aromatic rings. The number of nitrogens with one attached hydrogen (secondary N) is 2. The molecule has 0 saturated carbocycles. The molecular weight excluding hydrogens is 378 g/mol. The summed E-state index contributed by atoms with van der Waals surface area (Å²) in [4.78, 5) is 26.0. The number of carbonyl (C=O) groups is 1. The average molecular weight is 401 g/mol. The molecule has 0 radical (unpaired) electrons. The third-order valence-corrected chi connectivity index (χ3v) is 5.05. The van der Waals surface area contributed by atoms with Crippen LogP contribution in [-0.4, -0.2) is 16.1 Å². The maximum atomic E-state index is 13.0. The summed E-state index contributed by atoms with van der Waals surface area (Å²) in [5, 5.41) is 10.3. The molecule has 2 aromatic carbocycles. The number of anilines is 1. The first-order valence-electron chi connectivity index (χ1n) is 9.75. The number of benzene rings is 2. The molecule has 6 nitrogen and oxygen atoms in total. The number of carbonyl (C=O) groups excluding carboxylic acids is 1. The number of hydrogen-bond acceptors (Lipinski definition) is 4. The van der Waals surface area contributed by atoms with Crippen molar-refractivity contribution in [2.24, 2.45) is 0 Å². The van der Waals surface area contributed by atoms with E-state index in [2.05, 4.69) is 36.3 Å². The molecule has 152 valence electrons. The van der Waals surface area contributed by atoms with Crippen molar-refractivity contribution in [2.45, 2.75) is 33.1 Å². The van der Waals surface area contributed by atoms with E-state index in [9.17, 15) is 9.59 Å². The fourth-order valence-electron chi connectivity index (χ4n) is 3.31. The van der Waals surface area contributed by atoms with Gasteiger partial charge >= 0.3 is 0 Å². The lowest BCUT2D eigenvalue weighted by atomic mass is 9.92. The second-order valence-corrected chi connectivity index (χ2v) is 8.30. The molecule has 4 rings (SSSR count). The van der Waals surface area contributed by atoms with Crippen LogP contribution in [0.3, 0.4) is 0 Å². The van der Waals surface area contributed by atoms with Gasteiger partial charge in [0.25, 0.3) is 5.91 Å². The molecule has 0 aliphatic heterocycles. The van der Waals surface area contributed by atoms with Crippen molar-refractivity contribution in [3.63, 3.8) is 0 Å². The molecule has 6 heteroatoms. The molecule has 0 aliphatic carbocycles. The van der Waals surface area contributed by atoms with Gasteiger partial charge in [0, 0.05) is 28.3 Å². The molecule has 0 aliphatic rings. The topological polar surface area (TPSA) is 88.0 Å². The highest BCUT2D eigenvalue weighted by Gasteiger charge is 2.21. The second-order valence-electron chi connectivity index (χ2n) is 8.30. The largest absolute Gasteiger partial charge is 0.455 e. The minimum absolute atomic E-state index is 0.121. The molecule has 0 fully saturated rings. The summed E-state index contributed by atoms with van der Waals surface area (Å²) in [6.07, 6.45) is 0. The molecule has 0 unspecified atom stereocenters.